The summed E-state index contributed by atoms with van der Waals surface area (Å²) in [6.45, 7) is 4.85. The maximum absolute atomic E-state index is 12.3. The molecule has 1 fully saturated rings. The number of methoxy groups -OCH3 is 1. The molecule has 0 spiro atoms. The molecule has 0 aromatic carbocycles. The number of ether oxygens (including phenoxy) is 1. The van der Waals surface area contributed by atoms with Gasteiger partial charge >= 0.3 is 5.97 Å². The minimum absolute atomic E-state index is 0. The number of rotatable bonds is 4. The number of hydrogen-bond donors (Lipinski definition) is 2. The van der Waals surface area contributed by atoms with E-state index in [9.17, 15) is 9.59 Å². The summed E-state index contributed by atoms with van der Waals surface area (Å²) in [5, 5.41) is 6.64. The van der Waals surface area contributed by atoms with Gasteiger partial charge in [-0.3, -0.25) is 4.79 Å². The van der Waals surface area contributed by atoms with Crippen molar-refractivity contribution in [2.24, 2.45) is 5.92 Å². The van der Waals surface area contributed by atoms with Crippen molar-refractivity contribution >= 4 is 40.8 Å². The molecule has 22 heavy (non-hydrogen) atoms. The summed E-state index contributed by atoms with van der Waals surface area (Å²) < 4.78 is 4.74. The predicted molar refractivity (Wildman–Crippen MR) is 88.9 cm³/mol. The average Bonchev–Trinajstić information content (AvgIpc) is 2.89. The van der Waals surface area contributed by atoms with E-state index in [0.717, 1.165) is 19.4 Å². The first kappa shape index (κ1) is 18.9. The maximum atomic E-state index is 12.3. The molecule has 1 amide bonds. The van der Waals surface area contributed by atoms with Gasteiger partial charge in [0.25, 0.3) is 0 Å². The summed E-state index contributed by atoms with van der Waals surface area (Å²) in [6, 6.07) is 0.350. The van der Waals surface area contributed by atoms with Crippen LogP contribution in [-0.4, -0.2) is 36.6 Å². The molecule has 6 nitrogen and oxygen atoms in total. The van der Waals surface area contributed by atoms with Crippen molar-refractivity contribution in [3.8, 4) is 0 Å². The highest BCUT2D eigenvalue weighted by atomic mass is 35.5. The smallest absolute Gasteiger partial charge is 0.350 e. The van der Waals surface area contributed by atoms with Gasteiger partial charge in [0.1, 0.15) is 4.88 Å². The van der Waals surface area contributed by atoms with Crippen molar-refractivity contribution in [1.82, 2.24) is 10.3 Å². The molecule has 2 N–H and O–H groups in total. The molecule has 0 aliphatic carbocycles. The number of halogens is 1. The van der Waals surface area contributed by atoms with Gasteiger partial charge in [0, 0.05) is 12.0 Å². The van der Waals surface area contributed by atoms with E-state index in [4.69, 9.17) is 4.74 Å². The van der Waals surface area contributed by atoms with E-state index < -0.39 is 5.97 Å². The van der Waals surface area contributed by atoms with Crippen molar-refractivity contribution in [3.63, 3.8) is 0 Å². The molecule has 2 heterocycles. The molecule has 8 heteroatoms. The Morgan fingerprint density at radius 2 is 2.23 bits per heavy atom. The van der Waals surface area contributed by atoms with Crippen LogP contribution < -0.4 is 10.6 Å². The van der Waals surface area contributed by atoms with Crippen LogP contribution in [0.5, 0.6) is 0 Å². The number of aromatic nitrogens is 1. The Morgan fingerprint density at radius 3 is 2.82 bits per heavy atom. The zero-order valence-corrected chi connectivity index (χ0v) is 14.6. The lowest BCUT2D eigenvalue weighted by Gasteiger charge is -2.26. The highest BCUT2D eigenvalue weighted by Gasteiger charge is 2.26. The van der Waals surface area contributed by atoms with Crippen LogP contribution in [0.25, 0.3) is 0 Å². The number of amides is 1. The Hall–Kier alpha value is -1.18. The Morgan fingerprint density at radius 1 is 1.50 bits per heavy atom. The predicted octanol–water partition coefficient (Wildman–Crippen LogP) is 2.24. The average molecular weight is 348 g/mol. The number of nitrogens with one attached hydrogen (secondary N) is 2. The molecule has 1 aliphatic heterocycles. The maximum Gasteiger partial charge on any atom is 0.350 e. The van der Waals surface area contributed by atoms with Crippen LogP contribution in [0.2, 0.25) is 0 Å². The summed E-state index contributed by atoms with van der Waals surface area (Å²) in [6.07, 6.45) is 2.27. The quantitative estimate of drug-likeness (QED) is 0.816. The van der Waals surface area contributed by atoms with Crippen molar-refractivity contribution in [1.29, 1.82) is 0 Å². The number of carbonyl (C=O) groups is 2. The van der Waals surface area contributed by atoms with Gasteiger partial charge < -0.3 is 15.4 Å². The third kappa shape index (κ3) is 4.41. The van der Waals surface area contributed by atoms with Crippen molar-refractivity contribution in [2.45, 2.75) is 39.2 Å². The highest BCUT2D eigenvalue weighted by molar-refractivity contribution is 7.17. The molecule has 0 radical (unpaired) electrons. The van der Waals surface area contributed by atoms with Gasteiger partial charge in [0.15, 0.2) is 5.13 Å². The molecule has 124 valence electrons. The number of aryl methyl sites for hydroxylation is 1. The van der Waals surface area contributed by atoms with Crippen LogP contribution in [0, 0.1) is 5.92 Å². The van der Waals surface area contributed by atoms with Crippen LogP contribution in [0.15, 0.2) is 0 Å². The fraction of sp³-hybridized carbons (Fsp3) is 0.643. The van der Waals surface area contributed by atoms with E-state index in [1.54, 1.807) is 0 Å². The molecule has 1 saturated heterocycles. The van der Waals surface area contributed by atoms with E-state index in [-0.39, 0.29) is 24.2 Å². The van der Waals surface area contributed by atoms with E-state index in [1.165, 1.54) is 18.4 Å². The zero-order valence-electron chi connectivity index (χ0n) is 13.0. The van der Waals surface area contributed by atoms with Crippen molar-refractivity contribution < 1.29 is 14.3 Å². The highest BCUT2D eigenvalue weighted by Crippen LogP contribution is 2.26. The second-order valence-corrected chi connectivity index (χ2v) is 6.20. The van der Waals surface area contributed by atoms with E-state index in [1.807, 2.05) is 6.92 Å². The minimum atomic E-state index is -0.402. The number of anilines is 1. The topological polar surface area (TPSA) is 80.3 Å². The van der Waals surface area contributed by atoms with Gasteiger partial charge in [-0.25, -0.2) is 9.78 Å². The van der Waals surface area contributed by atoms with Crippen LogP contribution in [-0.2, 0) is 16.0 Å². The summed E-state index contributed by atoms with van der Waals surface area (Å²) >= 11 is 1.18. The zero-order chi connectivity index (χ0) is 15.4. The largest absolute Gasteiger partial charge is 0.465 e. The Labute approximate surface area is 140 Å². The first-order valence-electron chi connectivity index (χ1n) is 7.17. The Bertz CT molecular complexity index is 535. The molecule has 0 bridgehead atoms. The summed E-state index contributed by atoms with van der Waals surface area (Å²) in [5.74, 6) is -0.423. The van der Waals surface area contributed by atoms with Crippen LogP contribution in [0.1, 0.15) is 42.1 Å². The molecular weight excluding hydrogens is 326 g/mol. The van der Waals surface area contributed by atoms with E-state index in [2.05, 4.69) is 22.5 Å². The van der Waals surface area contributed by atoms with E-state index in [0.29, 0.717) is 28.2 Å². The Kier molecular flexibility index (Phi) is 7.25. The molecular formula is C14H22ClN3O3S. The molecule has 2 rings (SSSR count). The van der Waals surface area contributed by atoms with Crippen molar-refractivity contribution in [3.05, 3.63) is 10.6 Å². The number of carbonyl (C=O) groups excluding carboxylic acids is 2. The standard InChI is InChI=1S/C14H21N3O3S.ClH/c1-4-10-11(13(19)20-3)21-14(16-10)17-12(18)9-5-6-15-8(2)7-9;/h8-9,15H,4-7H2,1-3H3,(H,16,17,18);1H/t8-,9-;/m0./s1. The third-order valence-corrected chi connectivity index (χ3v) is 4.62. The Balaban J connectivity index is 0.00000242. The van der Waals surface area contributed by atoms with Gasteiger partial charge in [-0.2, -0.15) is 0 Å². The number of esters is 1. The van der Waals surface area contributed by atoms with Gasteiger partial charge in [-0.1, -0.05) is 18.3 Å². The van der Waals surface area contributed by atoms with Gasteiger partial charge in [-0.15, -0.1) is 12.4 Å². The lowest BCUT2D eigenvalue weighted by molar-refractivity contribution is -0.120. The number of piperidine rings is 1. The molecule has 0 saturated carbocycles. The molecule has 2 atom stereocenters. The SMILES string of the molecule is CCc1nc(NC(=O)[C@H]2CCN[C@@H](C)C2)sc1C(=O)OC.Cl. The normalized spacial score (nSPS) is 20.9. The lowest BCUT2D eigenvalue weighted by atomic mass is 9.92. The molecule has 1 aromatic rings. The fourth-order valence-electron chi connectivity index (χ4n) is 2.47. The molecule has 0 unspecified atom stereocenters. The third-order valence-electron chi connectivity index (χ3n) is 3.63. The second-order valence-electron chi connectivity index (χ2n) is 5.21. The van der Waals surface area contributed by atoms with E-state index >= 15 is 0 Å². The minimum Gasteiger partial charge on any atom is -0.465 e. The van der Waals surface area contributed by atoms with Gasteiger partial charge in [-0.05, 0) is 32.7 Å². The van der Waals surface area contributed by atoms with Crippen LogP contribution in [0.3, 0.4) is 0 Å². The fourth-order valence-corrected chi connectivity index (χ4v) is 3.45. The van der Waals surface area contributed by atoms with Crippen molar-refractivity contribution in [2.75, 3.05) is 19.0 Å². The van der Waals surface area contributed by atoms with Gasteiger partial charge in [0.2, 0.25) is 5.91 Å². The summed E-state index contributed by atoms with van der Waals surface area (Å²) in [4.78, 5) is 28.7. The summed E-state index contributed by atoms with van der Waals surface area (Å²) in [7, 11) is 1.34. The van der Waals surface area contributed by atoms with Crippen LogP contribution in [0.4, 0.5) is 5.13 Å². The second kappa shape index (κ2) is 8.45. The molecule has 1 aliphatic rings. The molecule has 1 aromatic heterocycles. The first-order chi connectivity index (χ1) is 10.0. The number of thiazole rings is 1. The first-order valence-corrected chi connectivity index (χ1v) is 7.99. The van der Waals surface area contributed by atoms with Crippen LogP contribution >= 0.6 is 23.7 Å². The number of nitrogens with zero attached hydrogens (tertiary/aromatic N) is 1. The monoisotopic (exact) mass is 347 g/mol. The lowest BCUT2D eigenvalue weighted by Crippen LogP contribution is -2.40. The number of hydrogen-bond acceptors (Lipinski definition) is 6. The van der Waals surface area contributed by atoms with Gasteiger partial charge in [0.05, 0.1) is 12.8 Å². The summed E-state index contributed by atoms with van der Waals surface area (Å²) in [5.41, 5.74) is 0.667.